The van der Waals surface area contributed by atoms with Crippen molar-refractivity contribution in [3.05, 3.63) is 46.0 Å². The van der Waals surface area contributed by atoms with Crippen molar-refractivity contribution in [2.24, 2.45) is 4.99 Å². The molecule has 0 N–H and O–H groups in total. The van der Waals surface area contributed by atoms with E-state index in [0.29, 0.717) is 0 Å². The zero-order valence-corrected chi connectivity index (χ0v) is 12.6. The molecule has 1 aliphatic rings. The molecule has 0 aliphatic carbocycles. The van der Waals surface area contributed by atoms with E-state index in [-0.39, 0.29) is 10.6 Å². The number of likely N-dealkylation sites (tertiary alicyclic amines) is 1. The number of hydrogen-bond donors (Lipinski definition) is 0. The average Bonchev–Trinajstić information content (AvgIpc) is 2.42. The summed E-state index contributed by atoms with van der Waals surface area (Å²) in [5.41, 5.74) is 2.87. The highest BCUT2D eigenvalue weighted by Crippen LogP contribution is 2.26. The normalized spacial score (nSPS) is 17.0. The Morgan fingerprint density at radius 1 is 1.48 bits per heavy atom. The minimum Gasteiger partial charge on any atom is -0.356 e. The molecular weight excluding hydrogens is 266 g/mol. The Morgan fingerprint density at radius 3 is 2.86 bits per heavy atom. The second-order valence-electron chi connectivity index (χ2n) is 5.59. The molecule has 0 bridgehead atoms. The van der Waals surface area contributed by atoms with Gasteiger partial charge in [-0.2, -0.15) is 0 Å². The summed E-state index contributed by atoms with van der Waals surface area (Å²) in [6.45, 7) is 9.67. The van der Waals surface area contributed by atoms with Crippen molar-refractivity contribution in [1.29, 1.82) is 0 Å². The van der Waals surface area contributed by atoms with Crippen molar-refractivity contribution in [2.75, 3.05) is 13.1 Å². The molecule has 21 heavy (non-hydrogen) atoms. The lowest BCUT2D eigenvalue weighted by Crippen LogP contribution is -2.36. The molecule has 0 amide bonds. The molecule has 0 radical (unpaired) electrons. The van der Waals surface area contributed by atoms with E-state index in [1.54, 1.807) is 12.1 Å². The second-order valence-corrected chi connectivity index (χ2v) is 5.59. The zero-order valence-electron chi connectivity index (χ0n) is 12.6. The van der Waals surface area contributed by atoms with Crippen LogP contribution < -0.4 is 0 Å². The number of piperidine rings is 1. The fourth-order valence-corrected chi connectivity index (χ4v) is 2.51. The van der Waals surface area contributed by atoms with Crippen LogP contribution >= 0.6 is 0 Å². The Labute approximate surface area is 125 Å². The van der Waals surface area contributed by atoms with Gasteiger partial charge in [0.2, 0.25) is 0 Å². The molecule has 0 saturated carbocycles. The first-order valence-corrected chi connectivity index (χ1v) is 7.19. The van der Waals surface area contributed by atoms with Gasteiger partial charge in [-0.3, -0.25) is 10.1 Å². The summed E-state index contributed by atoms with van der Waals surface area (Å²) in [5, 5.41) is 10.8. The summed E-state index contributed by atoms with van der Waals surface area (Å²) < 4.78 is 0. The van der Waals surface area contributed by atoms with Crippen LogP contribution in [0.25, 0.3) is 0 Å². The summed E-state index contributed by atoms with van der Waals surface area (Å²) >= 11 is 0. The van der Waals surface area contributed by atoms with Gasteiger partial charge in [-0.15, -0.1) is 0 Å². The Kier molecular flexibility index (Phi) is 4.73. The van der Waals surface area contributed by atoms with Crippen LogP contribution in [0.15, 0.2) is 35.3 Å². The maximum Gasteiger partial charge on any atom is 0.269 e. The molecule has 2 rings (SSSR count). The van der Waals surface area contributed by atoms with Gasteiger partial charge in [0.15, 0.2) is 0 Å². The second kappa shape index (κ2) is 6.52. The molecule has 112 valence electrons. The molecule has 0 unspecified atom stereocenters. The van der Waals surface area contributed by atoms with Gasteiger partial charge in [-0.1, -0.05) is 12.2 Å². The third-order valence-corrected chi connectivity index (χ3v) is 3.54. The molecule has 0 spiro atoms. The van der Waals surface area contributed by atoms with E-state index in [0.717, 1.165) is 48.6 Å². The minimum absolute atomic E-state index is 0.110. The lowest BCUT2D eigenvalue weighted by Gasteiger charge is -2.30. The van der Waals surface area contributed by atoms with E-state index >= 15 is 0 Å². The van der Waals surface area contributed by atoms with Crippen LogP contribution in [0.5, 0.6) is 0 Å². The average molecular weight is 287 g/mol. The predicted molar refractivity (Wildman–Crippen MR) is 85.2 cm³/mol. The lowest BCUT2D eigenvalue weighted by molar-refractivity contribution is -0.384. The van der Waals surface area contributed by atoms with Crippen LogP contribution in [0.2, 0.25) is 0 Å². The third-order valence-electron chi connectivity index (χ3n) is 3.54. The molecule has 1 aliphatic heterocycles. The maximum absolute atomic E-state index is 10.8. The first-order valence-electron chi connectivity index (χ1n) is 7.19. The van der Waals surface area contributed by atoms with Gasteiger partial charge in [0.1, 0.15) is 5.84 Å². The molecule has 0 aromatic heterocycles. The molecule has 5 heteroatoms. The number of hydrogen-bond acceptors (Lipinski definition) is 3. The lowest BCUT2D eigenvalue weighted by atomic mass is 10.1. The van der Waals surface area contributed by atoms with Crippen molar-refractivity contribution in [2.45, 2.75) is 33.1 Å². The van der Waals surface area contributed by atoms with Crippen LogP contribution in [0.4, 0.5) is 11.4 Å². The molecule has 1 aromatic rings. The van der Waals surface area contributed by atoms with E-state index < -0.39 is 0 Å². The van der Waals surface area contributed by atoms with Gasteiger partial charge in [-0.25, -0.2) is 4.99 Å². The summed E-state index contributed by atoms with van der Waals surface area (Å²) in [7, 11) is 0. The van der Waals surface area contributed by atoms with Crippen molar-refractivity contribution in [1.82, 2.24) is 4.90 Å². The molecule has 1 fully saturated rings. The highest BCUT2D eigenvalue weighted by atomic mass is 16.6. The van der Waals surface area contributed by atoms with E-state index in [4.69, 9.17) is 4.99 Å². The number of nitro groups is 1. The standard InChI is InChI=1S/C16H21N3O2/c1-12(2)11-18-9-5-4-6-16(18)17-15-8-7-14(19(20)21)10-13(15)3/h7-8,10H,1,4-6,9,11H2,2-3H3. The number of nitrogens with zero attached hydrogens (tertiary/aromatic N) is 3. The largest absolute Gasteiger partial charge is 0.356 e. The fraction of sp³-hybridized carbons (Fsp3) is 0.438. The first kappa shape index (κ1) is 15.2. The molecule has 5 nitrogen and oxygen atoms in total. The number of rotatable bonds is 4. The Morgan fingerprint density at radius 2 is 2.24 bits per heavy atom. The molecule has 0 atom stereocenters. The van der Waals surface area contributed by atoms with Crippen molar-refractivity contribution in [3.63, 3.8) is 0 Å². The predicted octanol–water partition coefficient (Wildman–Crippen LogP) is 4.00. The highest BCUT2D eigenvalue weighted by Gasteiger charge is 2.17. The maximum atomic E-state index is 10.8. The van der Waals surface area contributed by atoms with Crippen molar-refractivity contribution >= 4 is 17.2 Å². The fourth-order valence-electron chi connectivity index (χ4n) is 2.51. The van der Waals surface area contributed by atoms with E-state index in [2.05, 4.69) is 11.5 Å². The van der Waals surface area contributed by atoms with Gasteiger partial charge in [0, 0.05) is 31.6 Å². The Hall–Kier alpha value is -2.17. The van der Waals surface area contributed by atoms with Gasteiger partial charge < -0.3 is 4.90 Å². The number of nitro benzene ring substituents is 1. The number of non-ortho nitro benzene ring substituents is 1. The summed E-state index contributed by atoms with van der Waals surface area (Å²) in [6, 6.07) is 4.82. The van der Waals surface area contributed by atoms with Crippen LogP contribution in [-0.2, 0) is 0 Å². The van der Waals surface area contributed by atoms with E-state index in [1.165, 1.54) is 12.5 Å². The summed E-state index contributed by atoms with van der Waals surface area (Å²) in [6.07, 6.45) is 3.26. The quantitative estimate of drug-likeness (QED) is 0.478. The SMILES string of the molecule is C=C(C)CN1CCCCC1=Nc1ccc([N+](=O)[O-])cc1C. The number of benzene rings is 1. The molecule has 1 aromatic carbocycles. The van der Waals surface area contributed by atoms with Crippen LogP contribution in [-0.4, -0.2) is 28.7 Å². The highest BCUT2D eigenvalue weighted by molar-refractivity contribution is 5.86. The van der Waals surface area contributed by atoms with Gasteiger partial charge in [0.25, 0.3) is 5.69 Å². The van der Waals surface area contributed by atoms with Gasteiger partial charge >= 0.3 is 0 Å². The first-order chi connectivity index (χ1) is 9.97. The van der Waals surface area contributed by atoms with Crippen LogP contribution in [0, 0.1) is 17.0 Å². The minimum atomic E-state index is -0.377. The zero-order chi connectivity index (χ0) is 15.4. The van der Waals surface area contributed by atoms with Crippen LogP contribution in [0.1, 0.15) is 31.7 Å². The van der Waals surface area contributed by atoms with E-state index in [1.807, 2.05) is 13.8 Å². The summed E-state index contributed by atoms with van der Waals surface area (Å²) in [5.74, 6) is 1.06. The molecule has 1 saturated heterocycles. The Bertz CT molecular complexity index is 593. The van der Waals surface area contributed by atoms with Crippen molar-refractivity contribution in [3.8, 4) is 0 Å². The molecular formula is C16H21N3O2. The Balaban J connectivity index is 2.27. The number of amidine groups is 1. The molecule has 1 heterocycles. The topological polar surface area (TPSA) is 58.7 Å². The smallest absolute Gasteiger partial charge is 0.269 e. The third kappa shape index (κ3) is 3.90. The van der Waals surface area contributed by atoms with E-state index in [9.17, 15) is 10.1 Å². The summed E-state index contributed by atoms with van der Waals surface area (Å²) in [4.78, 5) is 17.4. The van der Waals surface area contributed by atoms with Gasteiger partial charge in [0.05, 0.1) is 10.6 Å². The van der Waals surface area contributed by atoms with Crippen molar-refractivity contribution < 1.29 is 4.92 Å². The monoisotopic (exact) mass is 287 g/mol. The van der Waals surface area contributed by atoms with Crippen LogP contribution in [0.3, 0.4) is 0 Å². The van der Waals surface area contributed by atoms with Gasteiger partial charge in [-0.05, 0) is 38.3 Å². The number of aryl methyl sites for hydroxylation is 1. The number of aliphatic imine (C=N–C) groups is 1.